The van der Waals surface area contributed by atoms with Crippen molar-refractivity contribution >= 4 is 40.7 Å². The zero-order valence-corrected chi connectivity index (χ0v) is 22.8. The molecule has 0 spiro atoms. The number of hydrogen-bond donors (Lipinski definition) is 2. The van der Waals surface area contributed by atoms with E-state index in [1.165, 1.54) is 49.6 Å². The van der Waals surface area contributed by atoms with E-state index >= 15 is 0 Å². The summed E-state index contributed by atoms with van der Waals surface area (Å²) in [6.45, 7) is 1.86. The molecule has 1 unspecified atom stereocenters. The van der Waals surface area contributed by atoms with Gasteiger partial charge in [0.1, 0.15) is 18.1 Å². The molecule has 0 radical (unpaired) electrons. The van der Waals surface area contributed by atoms with E-state index in [0.717, 1.165) is 10.7 Å². The number of likely N-dealkylation sites (tertiary alicyclic amines) is 1. The van der Waals surface area contributed by atoms with Crippen LogP contribution in [0.3, 0.4) is 0 Å². The van der Waals surface area contributed by atoms with E-state index in [0.29, 0.717) is 36.7 Å². The second-order valence-electron chi connectivity index (χ2n) is 9.41. The highest BCUT2D eigenvalue weighted by atomic mass is 32.1. The van der Waals surface area contributed by atoms with Gasteiger partial charge < -0.3 is 20.1 Å². The summed E-state index contributed by atoms with van der Waals surface area (Å²) in [6, 6.07) is 6.61. The van der Waals surface area contributed by atoms with Gasteiger partial charge in [-0.15, -0.1) is 11.3 Å². The zero-order chi connectivity index (χ0) is 29.9. The van der Waals surface area contributed by atoms with Crippen molar-refractivity contribution < 1.29 is 42.2 Å². The van der Waals surface area contributed by atoms with Gasteiger partial charge in [-0.25, -0.2) is 4.98 Å². The molecule has 1 atom stereocenters. The number of hydrogen-bond acceptors (Lipinski definition) is 8. The highest BCUT2D eigenvalue weighted by molar-refractivity contribution is 7.10. The maximum atomic E-state index is 12.9. The Morgan fingerprint density at radius 1 is 1.17 bits per heavy atom. The molecule has 41 heavy (non-hydrogen) atoms. The average molecular weight is 594 g/mol. The largest absolute Gasteiger partial charge is 0.497 e. The molecule has 0 bridgehead atoms. The summed E-state index contributed by atoms with van der Waals surface area (Å²) in [4.78, 5) is 55.9. The summed E-state index contributed by atoms with van der Waals surface area (Å²) in [5, 5.41) is 17.7. The van der Waals surface area contributed by atoms with Crippen molar-refractivity contribution in [2.45, 2.75) is 38.4 Å². The number of Topliss-reactive ketones (excluding diaryl/α,β-unsaturated/α-hetero) is 1. The molecule has 2 amide bonds. The summed E-state index contributed by atoms with van der Waals surface area (Å²) in [5.41, 5.74) is -0.779. The summed E-state index contributed by atoms with van der Waals surface area (Å²) in [5.74, 6) is -5.31. The molecular formula is C26H26F3N5O6S. The van der Waals surface area contributed by atoms with Gasteiger partial charge in [0.25, 0.3) is 0 Å². The first-order valence-electron chi connectivity index (χ1n) is 12.4. The van der Waals surface area contributed by atoms with E-state index in [-0.39, 0.29) is 35.4 Å². The number of carbonyl (C=O) groups is 4. The number of carboxylic acids is 1. The first-order valence-corrected chi connectivity index (χ1v) is 13.3. The number of carboxylic acid groups (broad SMARTS) is 1. The molecule has 2 N–H and O–H groups in total. The number of aliphatic carboxylic acids is 1. The Morgan fingerprint density at radius 3 is 2.39 bits per heavy atom. The van der Waals surface area contributed by atoms with E-state index < -0.39 is 35.4 Å². The Bertz CT molecular complexity index is 1440. The van der Waals surface area contributed by atoms with Crippen LogP contribution in [0.4, 0.5) is 19.0 Å². The van der Waals surface area contributed by atoms with Crippen molar-refractivity contribution in [1.29, 1.82) is 0 Å². The molecule has 3 aromatic rings. The van der Waals surface area contributed by atoms with Gasteiger partial charge in [0.05, 0.1) is 12.1 Å². The third kappa shape index (κ3) is 6.90. The van der Waals surface area contributed by atoms with Crippen LogP contribution < -0.4 is 10.1 Å². The van der Waals surface area contributed by atoms with E-state index in [1.807, 2.05) is 0 Å². The van der Waals surface area contributed by atoms with Crippen LogP contribution in [0, 0.1) is 12.8 Å². The molecule has 0 saturated carbocycles. The van der Waals surface area contributed by atoms with Gasteiger partial charge in [0, 0.05) is 35.6 Å². The number of halogens is 3. The Kier molecular flexibility index (Phi) is 8.75. The molecule has 1 saturated heterocycles. The topological polar surface area (TPSA) is 144 Å². The fraction of sp³-hybridized carbons (Fsp3) is 0.385. The monoisotopic (exact) mass is 593 g/mol. The number of aromatic nitrogens is 3. The molecule has 3 heterocycles. The number of aryl methyl sites for hydroxylation is 1. The zero-order valence-electron chi connectivity index (χ0n) is 22.0. The number of piperidine rings is 1. The number of methoxy groups -OCH3 is 1. The third-order valence-corrected chi connectivity index (χ3v) is 7.68. The molecule has 11 nitrogen and oxygen atoms in total. The molecule has 1 aliphatic rings. The van der Waals surface area contributed by atoms with Crippen LogP contribution in [0.2, 0.25) is 0 Å². The maximum absolute atomic E-state index is 12.9. The van der Waals surface area contributed by atoms with E-state index in [2.05, 4.69) is 15.4 Å². The average Bonchev–Trinajstić information content (AvgIpc) is 3.55. The number of ketones is 1. The number of nitrogens with one attached hydrogen (secondary N) is 1. The number of benzene rings is 1. The number of amides is 2. The summed E-state index contributed by atoms with van der Waals surface area (Å²) in [7, 11) is 1.44. The number of thiazole rings is 1. The lowest BCUT2D eigenvalue weighted by Gasteiger charge is -2.31. The SMILES string of the molecule is COc1ccc(C(=O)C(C(=O)O)C(=O)Nc2csc(C3CCN(C(=O)Cn4nc(C(F)(F)F)cc4C)CC3)n2)cc1. The Balaban J connectivity index is 1.33. The normalized spacial score (nSPS) is 14.9. The first-order chi connectivity index (χ1) is 19.4. The second-order valence-corrected chi connectivity index (χ2v) is 10.3. The molecule has 4 rings (SSSR count). The number of ether oxygens (including phenoxy) is 1. The summed E-state index contributed by atoms with van der Waals surface area (Å²) >= 11 is 1.25. The lowest BCUT2D eigenvalue weighted by Crippen LogP contribution is -2.40. The first kappa shape index (κ1) is 29.7. The van der Waals surface area contributed by atoms with Crippen LogP contribution in [0.1, 0.15) is 45.5 Å². The van der Waals surface area contributed by atoms with Crippen LogP contribution in [-0.4, -0.2) is 68.5 Å². The van der Waals surface area contributed by atoms with E-state index in [1.54, 1.807) is 10.3 Å². The lowest BCUT2D eigenvalue weighted by atomic mass is 9.96. The van der Waals surface area contributed by atoms with Gasteiger partial charge in [-0.05, 0) is 50.1 Å². The molecule has 2 aromatic heterocycles. The lowest BCUT2D eigenvalue weighted by molar-refractivity contribution is -0.143. The molecule has 15 heteroatoms. The highest BCUT2D eigenvalue weighted by Gasteiger charge is 2.36. The molecule has 1 fully saturated rings. The molecule has 1 aliphatic heterocycles. The maximum Gasteiger partial charge on any atom is 0.435 e. The van der Waals surface area contributed by atoms with E-state index in [9.17, 15) is 37.5 Å². The quantitative estimate of drug-likeness (QED) is 0.283. The molecule has 0 aliphatic carbocycles. The van der Waals surface area contributed by atoms with Crippen LogP contribution in [0.15, 0.2) is 35.7 Å². The third-order valence-electron chi connectivity index (χ3n) is 6.67. The van der Waals surface area contributed by atoms with Crippen molar-refractivity contribution in [2.75, 3.05) is 25.5 Å². The minimum Gasteiger partial charge on any atom is -0.497 e. The van der Waals surface area contributed by atoms with Gasteiger partial charge >= 0.3 is 12.1 Å². The predicted octanol–water partition coefficient (Wildman–Crippen LogP) is 3.60. The molecule has 218 valence electrons. The number of carbonyl (C=O) groups excluding carboxylic acids is 3. The highest BCUT2D eigenvalue weighted by Crippen LogP contribution is 2.32. The van der Waals surface area contributed by atoms with Crippen molar-refractivity contribution in [2.24, 2.45) is 5.92 Å². The van der Waals surface area contributed by atoms with Gasteiger partial charge in [-0.1, -0.05) is 0 Å². The van der Waals surface area contributed by atoms with Crippen LogP contribution >= 0.6 is 11.3 Å². The van der Waals surface area contributed by atoms with Crippen LogP contribution in [-0.2, 0) is 27.1 Å². The molecular weight excluding hydrogens is 567 g/mol. The molecule has 1 aromatic carbocycles. The standard InChI is InChI=1S/C26H26F3N5O6S/c1-14-11-18(26(27,28)29)32-34(14)12-20(35)33-9-7-16(8-10-33)24-31-19(13-41-24)30-23(37)21(25(38)39)22(36)15-3-5-17(40-2)6-4-15/h3-6,11,13,16,21H,7-10,12H2,1-2H3,(H,30,37)(H,38,39). The Labute approximate surface area is 235 Å². The summed E-state index contributed by atoms with van der Waals surface area (Å²) < 4.78 is 44.8. The predicted molar refractivity (Wildman–Crippen MR) is 140 cm³/mol. The van der Waals surface area contributed by atoms with Crippen molar-refractivity contribution in [1.82, 2.24) is 19.7 Å². The smallest absolute Gasteiger partial charge is 0.435 e. The van der Waals surface area contributed by atoms with Gasteiger partial charge in [-0.3, -0.25) is 23.9 Å². The fourth-order valence-corrected chi connectivity index (χ4v) is 5.33. The van der Waals surface area contributed by atoms with Crippen molar-refractivity contribution in [3.05, 3.63) is 57.7 Å². The number of anilines is 1. The second kappa shape index (κ2) is 12.1. The van der Waals surface area contributed by atoms with Gasteiger partial charge in [0.2, 0.25) is 11.8 Å². The van der Waals surface area contributed by atoms with Crippen LogP contribution in [0.5, 0.6) is 5.75 Å². The minimum atomic E-state index is -4.59. The van der Waals surface area contributed by atoms with E-state index in [4.69, 9.17) is 4.74 Å². The van der Waals surface area contributed by atoms with Crippen molar-refractivity contribution in [3.8, 4) is 5.75 Å². The van der Waals surface area contributed by atoms with Gasteiger partial charge in [0.15, 0.2) is 17.4 Å². The van der Waals surface area contributed by atoms with Crippen molar-refractivity contribution in [3.63, 3.8) is 0 Å². The Hall–Kier alpha value is -4.27. The number of nitrogens with zero attached hydrogens (tertiary/aromatic N) is 4. The van der Waals surface area contributed by atoms with Crippen LogP contribution in [0.25, 0.3) is 0 Å². The number of alkyl halides is 3. The minimum absolute atomic E-state index is 0.0390. The number of rotatable bonds is 9. The van der Waals surface area contributed by atoms with Gasteiger partial charge in [-0.2, -0.15) is 18.3 Å². The Morgan fingerprint density at radius 2 is 1.83 bits per heavy atom. The summed E-state index contributed by atoms with van der Waals surface area (Å²) in [6.07, 6.45) is -3.53. The fourth-order valence-electron chi connectivity index (χ4n) is 4.41.